The average Bonchev–Trinajstić information content (AvgIpc) is 2.37. The van der Waals surface area contributed by atoms with Gasteiger partial charge >= 0.3 is 0 Å². The first-order valence-corrected chi connectivity index (χ1v) is 7.26. The smallest absolute Gasteiger partial charge is 0.230 e. The second-order valence-corrected chi connectivity index (χ2v) is 5.54. The Morgan fingerprint density at radius 3 is 2.75 bits per heavy atom. The standard InChI is InChI=1S/C16H23NO3/c1-3-20-10-9-16(7-4-8-16)15(19)17-13-5-6-14(18)12(2)11-13/h5-6,11,18H,3-4,7-10H2,1-2H3,(H,17,19). The van der Waals surface area contributed by atoms with Crippen molar-refractivity contribution < 1.29 is 14.6 Å². The molecule has 0 atom stereocenters. The lowest BCUT2D eigenvalue weighted by Crippen LogP contribution is -2.42. The van der Waals surface area contributed by atoms with Crippen LogP contribution in [0.1, 0.15) is 38.2 Å². The van der Waals surface area contributed by atoms with Gasteiger partial charge in [0.15, 0.2) is 0 Å². The lowest BCUT2D eigenvalue weighted by Gasteiger charge is -2.40. The van der Waals surface area contributed by atoms with Gasteiger partial charge in [0, 0.05) is 18.9 Å². The molecule has 4 heteroatoms. The maximum atomic E-state index is 12.5. The van der Waals surface area contributed by atoms with Gasteiger partial charge in [0.1, 0.15) is 5.75 Å². The van der Waals surface area contributed by atoms with Crippen molar-refractivity contribution in [3.05, 3.63) is 23.8 Å². The van der Waals surface area contributed by atoms with E-state index >= 15 is 0 Å². The monoisotopic (exact) mass is 277 g/mol. The number of rotatable bonds is 6. The zero-order valence-electron chi connectivity index (χ0n) is 12.2. The highest BCUT2D eigenvalue weighted by molar-refractivity contribution is 5.96. The highest BCUT2D eigenvalue weighted by Crippen LogP contribution is 2.45. The summed E-state index contributed by atoms with van der Waals surface area (Å²) in [6.45, 7) is 5.11. The fraction of sp³-hybridized carbons (Fsp3) is 0.562. The Morgan fingerprint density at radius 1 is 1.45 bits per heavy atom. The number of ether oxygens (including phenoxy) is 1. The number of carbonyl (C=O) groups is 1. The summed E-state index contributed by atoms with van der Waals surface area (Å²) in [5.74, 6) is 0.325. The number of hydrogen-bond donors (Lipinski definition) is 2. The first-order valence-electron chi connectivity index (χ1n) is 7.26. The van der Waals surface area contributed by atoms with E-state index in [0.29, 0.717) is 13.2 Å². The lowest BCUT2D eigenvalue weighted by molar-refractivity contribution is -0.132. The molecule has 1 aromatic rings. The van der Waals surface area contributed by atoms with Crippen molar-refractivity contribution in [1.82, 2.24) is 0 Å². The number of hydrogen-bond acceptors (Lipinski definition) is 3. The topological polar surface area (TPSA) is 58.6 Å². The van der Waals surface area contributed by atoms with E-state index in [2.05, 4.69) is 5.32 Å². The zero-order valence-corrected chi connectivity index (χ0v) is 12.2. The molecule has 0 bridgehead atoms. The van der Waals surface area contributed by atoms with E-state index in [9.17, 15) is 9.90 Å². The molecule has 4 nitrogen and oxygen atoms in total. The fourth-order valence-electron chi connectivity index (χ4n) is 2.60. The number of anilines is 1. The van der Waals surface area contributed by atoms with Crippen LogP contribution in [0.4, 0.5) is 5.69 Å². The summed E-state index contributed by atoms with van der Waals surface area (Å²) in [6, 6.07) is 5.13. The van der Waals surface area contributed by atoms with Crippen LogP contribution < -0.4 is 5.32 Å². The second kappa shape index (κ2) is 6.27. The first kappa shape index (κ1) is 14.9. The van der Waals surface area contributed by atoms with Crippen LogP contribution in [0.2, 0.25) is 0 Å². The van der Waals surface area contributed by atoms with Gasteiger partial charge in [-0.05, 0) is 56.9 Å². The van der Waals surface area contributed by atoms with Gasteiger partial charge in [-0.1, -0.05) is 6.42 Å². The number of aromatic hydroxyl groups is 1. The summed E-state index contributed by atoms with van der Waals surface area (Å²) < 4.78 is 5.39. The molecule has 2 rings (SSSR count). The number of phenols is 1. The first-order chi connectivity index (χ1) is 9.57. The number of carbonyl (C=O) groups excluding carboxylic acids is 1. The maximum Gasteiger partial charge on any atom is 0.230 e. The van der Waals surface area contributed by atoms with Crippen LogP contribution in [-0.2, 0) is 9.53 Å². The molecule has 1 saturated carbocycles. The predicted molar refractivity (Wildman–Crippen MR) is 78.9 cm³/mol. The van der Waals surface area contributed by atoms with Crippen LogP contribution in [0.25, 0.3) is 0 Å². The average molecular weight is 277 g/mol. The maximum absolute atomic E-state index is 12.5. The molecular weight excluding hydrogens is 254 g/mol. The molecule has 0 heterocycles. The van der Waals surface area contributed by atoms with Crippen LogP contribution in [0, 0.1) is 12.3 Å². The van der Waals surface area contributed by atoms with Gasteiger partial charge in [-0.3, -0.25) is 4.79 Å². The van der Waals surface area contributed by atoms with Gasteiger partial charge in [-0.25, -0.2) is 0 Å². The van der Waals surface area contributed by atoms with Crippen molar-refractivity contribution in [2.45, 2.75) is 39.5 Å². The third-order valence-corrected chi connectivity index (χ3v) is 4.18. The highest BCUT2D eigenvalue weighted by Gasteiger charge is 2.43. The van der Waals surface area contributed by atoms with Gasteiger partial charge in [-0.2, -0.15) is 0 Å². The molecule has 0 aliphatic heterocycles. The molecule has 1 amide bonds. The second-order valence-electron chi connectivity index (χ2n) is 5.54. The minimum atomic E-state index is -0.263. The third kappa shape index (κ3) is 3.12. The SMILES string of the molecule is CCOCCC1(C(=O)Nc2ccc(O)c(C)c2)CCC1. The number of phenolic OH excluding ortho intramolecular Hbond substituents is 1. The van der Waals surface area contributed by atoms with E-state index in [1.165, 1.54) is 0 Å². The normalized spacial score (nSPS) is 16.5. The van der Waals surface area contributed by atoms with E-state index in [1.54, 1.807) is 18.2 Å². The Hall–Kier alpha value is -1.55. The molecular formula is C16H23NO3. The molecule has 0 saturated heterocycles. The summed E-state index contributed by atoms with van der Waals surface area (Å²) >= 11 is 0. The van der Waals surface area contributed by atoms with Crippen LogP contribution in [-0.4, -0.2) is 24.2 Å². The van der Waals surface area contributed by atoms with Gasteiger partial charge in [0.25, 0.3) is 0 Å². The van der Waals surface area contributed by atoms with E-state index in [1.807, 2.05) is 13.8 Å². The Balaban J connectivity index is 2.00. The van der Waals surface area contributed by atoms with Crippen LogP contribution >= 0.6 is 0 Å². The molecule has 1 aliphatic rings. The Bertz CT molecular complexity index is 481. The fourth-order valence-corrected chi connectivity index (χ4v) is 2.60. The van der Waals surface area contributed by atoms with Crippen molar-refractivity contribution in [2.75, 3.05) is 18.5 Å². The Kier molecular flexibility index (Phi) is 4.65. The molecule has 1 aromatic carbocycles. The van der Waals surface area contributed by atoms with E-state index in [-0.39, 0.29) is 17.1 Å². The zero-order chi connectivity index (χ0) is 14.6. The third-order valence-electron chi connectivity index (χ3n) is 4.18. The van der Waals surface area contributed by atoms with Gasteiger partial charge < -0.3 is 15.2 Å². The Morgan fingerprint density at radius 2 is 2.20 bits per heavy atom. The minimum absolute atomic E-state index is 0.0774. The summed E-state index contributed by atoms with van der Waals surface area (Å²) in [4.78, 5) is 12.5. The minimum Gasteiger partial charge on any atom is -0.508 e. The predicted octanol–water partition coefficient (Wildman–Crippen LogP) is 3.24. The molecule has 110 valence electrons. The largest absolute Gasteiger partial charge is 0.508 e. The number of nitrogens with one attached hydrogen (secondary N) is 1. The summed E-state index contributed by atoms with van der Waals surface area (Å²) in [5, 5.41) is 12.5. The van der Waals surface area contributed by atoms with Crippen molar-refractivity contribution in [3.8, 4) is 5.75 Å². The van der Waals surface area contributed by atoms with Crippen LogP contribution in [0.15, 0.2) is 18.2 Å². The van der Waals surface area contributed by atoms with E-state index in [4.69, 9.17) is 4.74 Å². The summed E-state index contributed by atoms with van der Waals surface area (Å²) in [7, 11) is 0. The van der Waals surface area contributed by atoms with Crippen molar-refractivity contribution >= 4 is 11.6 Å². The molecule has 1 fully saturated rings. The van der Waals surface area contributed by atoms with Crippen molar-refractivity contribution in [3.63, 3.8) is 0 Å². The Labute approximate surface area is 120 Å². The van der Waals surface area contributed by atoms with Crippen LogP contribution in [0.3, 0.4) is 0 Å². The number of aryl methyl sites for hydroxylation is 1. The van der Waals surface area contributed by atoms with E-state index in [0.717, 1.165) is 36.9 Å². The lowest BCUT2D eigenvalue weighted by atomic mass is 9.66. The van der Waals surface area contributed by atoms with Crippen molar-refractivity contribution in [1.29, 1.82) is 0 Å². The summed E-state index contributed by atoms with van der Waals surface area (Å²) in [5.41, 5.74) is 1.24. The van der Waals surface area contributed by atoms with Gasteiger partial charge in [-0.15, -0.1) is 0 Å². The van der Waals surface area contributed by atoms with E-state index < -0.39 is 0 Å². The molecule has 20 heavy (non-hydrogen) atoms. The quantitative estimate of drug-likeness (QED) is 0.620. The van der Waals surface area contributed by atoms with Gasteiger partial charge in [0.2, 0.25) is 5.91 Å². The molecule has 0 unspecified atom stereocenters. The molecule has 1 aliphatic carbocycles. The molecule has 2 N–H and O–H groups in total. The number of benzene rings is 1. The number of amides is 1. The van der Waals surface area contributed by atoms with Crippen LogP contribution in [0.5, 0.6) is 5.75 Å². The molecule has 0 radical (unpaired) electrons. The summed E-state index contributed by atoms with van der Waals surface area (Å²) in [6.07, 6.45) is 3.75. The van der Waals surface area contributed by atoms with Crippen molar-refractivity contribution in [2.24, 2.45) is 5.41 Å². The highest BCUT2D eigenvalue weighted by atomic mass is 16.5. The molecule has 0 aromatic heterocycles. The van der Waals surface area contributed by atoms with Gasteiger partial charge in [0.05, 0.1) is 5.41 Å². The molecule has 0 spiro atoms.